The summed E-state index contributed by atoms with van der Waals surface area (Å²) in [6, 6.07) is 6.63. The van der Waals surface area contributed by atoms with Gasteiger partial charge in [-0.2, -0.15) is 0 Å². The molecule has 19 heavy (non-hydrogen) atoms. The number of allylic oxidation sites excluding steroid dienone is 1. The van der Waals surface area contributed by atoms with Crippen molar-refractivity contribution in [1.82, 2.24) is 4.90 Å². The predicted octanol–water partition coefficient (Wildman–Crippen LogP) is 3.99. The van der Waals surface area contributed by atoms with Crippen LogP contribution in [-0.4, -0.2) is 24.7 Å². The molecule has 3 heteroatoms. The van der Waals surface area contributed by atoms with Gasteiger partial charge in [0, 0.05) is 22.1 Å². The SMILES string of the molecule is C=CC(C)(C)C12CCN(C)C1Nc1cc(Br)ccc12. The maximum absolute atomic E-state index is 4.09. The van der Waals surface area contributed by atoms with Crippen molar-refractivity contribution >= 4 is 21.6 Å². The zero-order chi connectivity index (χ0) is 13.8. The molecule has 1 aromatic carbocycles. The van der Waals surface area contributed by atoms with Crippen molar-refractivity contribution in [3.8, 4) is 0 Å². The highest BCUT2D eigenvalue weighted by atomic mass is 79.9. The quantitative estimate of drug-likeness (QED) is 0.829. The van der Waals surface area contributed by atoms with E-state index in [2.05, 4.69) is 77.9 Å². The average molecular weight is 321 g/mol. The Morgan fingerprint density at radius 3 is 2.95 bits per heavy atom. The normalized spacial score (nSPS) is 29.8. The number of fused-ring (bicyclic) bond motifs is 3. The van der Waals surface area contributed by atoms with Gasteiger partial charge in [-0.3, -0.25) is 4.90 Å². The second-order valence-electron chi connectivity index (χ2n) is 6.36. The van der Waals surface area contributed by atoms with Crippen LogP contribution in [0.25, 0.3) is 0 Å². The van der Waals surface area contributed by atoms with Crippen LogP contribution < -0.4 is 5.32 Å². The lowest BCUT2D eigenvalue weighted by molar-refractivity contribution is 0.178. The molecule has 0 radical (unpaired) electrons. The second-order valence-corrected chi connectivity index (χ2v) is 7.28. The van der Waals surface area contributed by atoms with Crippen molar-refractivity contribution in [2.24, 2.45) is 5.41 Å². The first-order chi connectivity index (χ1) is 8.92. The van der Waals surface area contributed by atoms with Gasteiger partial charge in [0.2, 0.25) is 0 Å². The van der Waals surface area contributed by atoms with Gasteiger partial charge >= 0.3 is 0 Å². The van der Waals surface area contributed by atoms with Gasteiger partial charge in [-0.05, 0) is 36.6 Å². The Labute approximate surface area is 124 Å². The lowest BCUT2D eigenvalue weighted by atomic mass is 9.61. The van der Waals surface area contributed by atoms with Gasteiger partial charge in [0.05, 0.1) is 6.17 Å². The van der Waals surface area contributed by atoms with E-state index in [1.165, 1.54) is 17.7 Å². The van der Waals surface area contributed by atoms with E-state index < -0.39 is 0 Å². The van der Waals surface area contributed by atoms with Crippen LogP contribution in [0.2, 0.25) is 0 Å². The zero-order valence-corrected chi connectivity index (χ0v) is 13.4. The Morgan fingerprint density at radius 2 is 2.26 bits per heavy atom. The summed E-state index contributed by atoms with van der Waals surface area (Å²) in [4.78, 5) is 2.43. The predicted molar refractivity (Wildman–Crippen MR) is 84.5 cm³/mol. The van der Waals surface area contributed by atoms with Gasteiger partial charge in [-0.1, -0.05) is 41.9 Å². The second kappa shape index (κ2) is 4.10. The number of halogens is 1. The maximum atomic E-state index is 4.09. The van der Waals surface area contributed by atoms with Gasteiger partial charge in [0.15, 0.2) is 0 Å². The number of benzene rings is 1. The van der Waals surface area contributed by atoms with Gasteiger partial charge in [-0.15, -0.1) is 6.58 Å². The van der Waals surface area contributed by atoms with Crippen LogP contribution in [0.3, 0.4) is 0 Å². The summed E-state index contributed by atoms with van der Waals surface area (Å²) in [5.74, 6) is 0. The molecule has 2 aliphatic rings. The number of hydrogen-bond donors (Lipinski definition) is 1. The van der Waals surface area contributed by atoms with Crippen LogP contribution in [-0.2, 0) is 5.41 Å². The zero-order valence-electron chi connectivity index (χ0n) is 11.8. The van der Waals surface area contributed by atoms with Crippen molar-refractivity contribution < 1.29 is 0 Å². The topological polar surface area (TPSA) is 15.3 Å². The van der Waals surface area contributed by atoms with Gasteiger partial charge in [-0.25, -0.2) is 0 Å². The van der Waals surface area contributed by atoms with Crippen LogP contribution in [0, 0.1) is 5.41 Å². The molecule has 0 amide bonds. The van der Waals surface area contributed by atoms with E-state index in [0.717, 1.165) is 11.0 Å². The summed E-state index contributed by atoms with van der Waals surface area (Å²) in [6.07, 6.45) is 3.66. The molecule has 1 aromatic rings. The van der Waals surface area contributed by atoms with Crippen molar-refractivity contribution in [3.63, 3.8) is 0 Å². The summed E-state index contributed by atoms with van der Waals surface area (Å²) in [7, 11) is 2.21. The Bertz CT molecular complexity index is 538. The van der Waals surface area contributed by atoms with Gasteiger partial charge in [0.25, 0.3) is 0 Å². The fraction of sp³-hybridized carbons (Fsp3) is 0.500. The van der Waals surface area contributed by atoms with Crippen molar-refractivity contribution in [1.29, 1.82) is 0 Å². The van der Waals surface area contributed by atoms with E-state index in [4.69, 9.17) is 0 Å². The maximum Gasteiger partial charge on any atom is 0.0899 e. The molecule has 0 bridgehead atoms. The van der Waals surface area contributed by atoms with Crippen molar-refractivity contribution in [2.45, 2.75) is 31.8 Å². The molecule has 2 aliphatic heterocycles. The highest BCUT2D eigenvalue weighted by Crippen LogP contribution is 2.58. The highest BCUT2D eigenvalue weighted by Gasteiger charge is 2.59. The monoisotopic (exact) mass is 320 g/mol. The number of nitrogens with zero attached hydrogens (tertiary/aromatic N) is 1. The Kier molecular flexibility index (Phi) is 2.84. The number of likely N-dealkylation sites (N-methyl/N-ethyl adjacent to an activating group) is 1. The molecule has 102 valence electrons. The fourth-order valence-electron chi connectivity index (χ4n) is 3.89. The number of hydrogen-bond acceptors (Lipinski definition) is 2. The first-order valence-electron chi connectivity index (χ1n) is 6.83. The first kappa shape index (κ1) is 13.2. The highest BCUT2D eigenvalue weighted by molar-refractivity contribution is 9.10. The molecule has 2 atom stereocenters. The molecule has 3 rings (SSSR count). The summed E-state index contributed by atoms with van der Waals surface area (Å²) >= 11 is 3.57. The molecule has 2 nitrogen and oxygen atoms in total. The lowest BCUT2D eigenvalue weighted by Crippen LogP contribution is -2.49. The number of likely N-dealkylation sites (tertiary alicyclic amines) is 1. The third-order valence-corrected chi connectivity index (χ3v) is 5.67. The van der Waals surface area contributed by atoms with Crippen LogP contribution in [0.4, 0.5) is 5.69 Å². The molecular weight excluding hydrogens is 300 g/mol. The molecular formula is C16H21BrN2. The van der Waals surface area contributed by atoms with E-state index in [9.17, 15) is 0 Å². The molecule has 2 heterocycles. The largest absolute Gasteiger partial charge is 0.369 e. The minimum atomic E-state index is 0.0640. The van der Waals surface area contributed by atoms with Crippen LogP contribution >= 0.6 is 15.9 Å². The Balaban J connectivity index is 2.22. The minimum absolute atomic E-state index is 0.0640. The third-order valence-electron chi connectivity index (χ3n) is 5.18. The minimum Gasteiger partial charge on any atom is -0.369 e. The Hall–Kier alpha value is -0.800. The average Bonchev–Trinajstić information content (AvgIpc) is 2.86. The lowest BCUT2D eigenvalue weighted by Gasteiger charge is -2.43. The smallest absolute Gasteiger partial charge is 0.0899 e. The molecule has 1 saturated heterocycles. The third kappa shape index (κ3) is 1.58. The standard InChI is InChI=1S/C16H21BrN2/c1-5-15(2,3)16-8-9-19(4)14(16)18-13-10-11(17)6-7-12(13)16/h5-7,10,14,18H,1,8-9H2,2-4H3. The van der Waals surface area contributed by atoms with E-state index in [-0.39, 0.29) is 10.8 Å². The van der Waals surface area contributed by atoms with E-state index in [0.29, 0.717) is 6.17 Å². The Morgan fingerprint density at radius 1 is 1.53 bits per heavy atom. The van der Waals surface area contributed by atoms with Crippen LogP contribution in [0.15, 0.2) is 35.3 Å². The summed E-state index contributed by atoms with van der Waals surface area (Å²) < 4.78 is 1.13. The number of nitrogens with one attached hydrogen (secondary N) is 1. The molecule has 0 spiro atoms. The van der Waals surface area contributed by atoms with Crippen molar-refractivity contribution in [2.75, 3.05) is 18.9 Å². The molecule has 2 unspecified atom stereocenters. The summed E-state index contributed by atoms with van der Waals surface area (Å²) in [6.45, 7) is 9.84. The first-order valence-corrected chi connectivity index (χ1v) is 7.62. The summed E-state index contributed by atoms with van der Waals surface area (Å²) in [5, 5.41) is 3.72. The van der Waals surface area contributed by atoms with Crippen molar-refractivity contribution in [3.05, 3.63) is 40.9 Å². The molecule has 0 aromatic heterocycles. The number of rotatable bonds is 2. The molecule has 1 N–H and O–H groups in total. The summed E-state index contributed by atoms with van der Waals surface area (Å²) in [5.41, 5.74) is 2.89. The molecule has 0 saturated carbocycles. The van der Waals surface area contributed by atoms with E-state index >= 15 is 0 Å². The van der Waals surface area contributed by atoms with E-state index in [1.54, 1.807) is 0 Å². The van der Waals surface area contributed by atoms with E-state index in [1.807, 2.05) is 0 Å². The van der Waals surface area contributed by atoms with Gasteiger partial charge in [0.1, 0.15) is 0 Å². The van der Waals surface area contributed by atoms with Gasteiger partial charge < -0.3 is 5.32 Å². The molecule has 1 fully saturated rings. The fourth-order valence-corrected chi connectivity index (χ4v) is 4.25. The molecule has 0 aliphatic carbocycles. The van der Waals surface area contributed by atoms with Crippen LogP contribution in [0.1, 0.15) is 25.8 Å². The number of anilines is 1. The van der Waals surface area contributed by atoms with Crippen LogP contribution in [0.5, 0.6) is 0 Å².